The Kier molecular flexibility index (Phi) is 5.89. The van der Waals surface area contributed by atoms with Crippen LogP contribution in [0.3, 0.4) is 0 Å². The minimum Gasteiger partial charge on any atom is -0.501 e. The summed E-state index contributed by atoms with van der Waals surface area (Å²) in [7, 11) is -2.53. The van der Waals surface area contributed by atoms with Crippen molar-refractivity contribution in [2.24, 2.45) is 0 Å². The van der Waals surface area contributed by atoms with Gasteiger partial charge in [0.2, 0.25) is 5.75 Å². The van der Waals surface area contributed by atoms with E-state index in [2.05, 4.69) is 9.97 Å². The number of aromatic nitrogens is 2. The van der Waals surface area contributed by atoms with E-state index in [1.54, 1.807) is 0 Å². The van der Waals surface area contributed by atoms with Gasteiger partial charge in [-0.05, 0) is 35.9 Å². The van der Waals surface area contributed by atoms with Crippen LogP contribution in [0.2, 0.25) is 0 Å². The molecule has 0 aliphatic carbocycles. The Hall–Kier alpha value is -3.60. The Morgan fingerprint density at radius 1 is 1.13 bits per heavy atom. The van der Waals surface area contributed by atoms with E-state index in [-0.39, 0.29) is 17.9 Å². The monoisotopic (exact) mass is 449 g/mol. The highest BCUT2D eigenvalue weighted by Gasteiger charge is 2.24. The number of rotatable bonds is 5. The lowest BCUT2D eigenvalue weighted by Crippen LogP contribution is -2.29. The normalized spacial score (nSPS) is 11.4. The topological polar surface area (TPSA) is 120 Å². The molecule has 1 aromatic heterocycles. The van der Waals surface area contributed by atoms with Gasteiger partial charge in [0.25, 0.3) is 11.5 Å². The Morgan fingerprint density at radius 2 is 1.74 bits per heavy atom. The first-order valence-electron chi connectivity index (χ1n) is 8.80. The molecule has 0 spiro atoms. The number of aromatic amines is 1. The van der Waals surface area contributed by atoms with Crippen LogP contribution in [0.5, 0.6) is 5.75 Å². The van der Waals surface area contributed by atoms with Crippen molar-refractivity contribution in [2.75, 3.05) is 13.3 Å². The van der Waals surface area contributed by atoms with Crippen LogP contribution in [0, 0.1) is 11.6 Å². The molecular weight excluding hydrogens is 432 g/mol. The maximum absolute atomic E-state index is 13.6. The van der Waals surface area contributed by atoms with Gasteiger partial charge in [-0.2, -0.15) is 0 Å². The highest BCUT2D eigenvalue weighted by molar-refractivity contribution is 7.90. The number of aromatic hydroxyl groups is 1. The second-order valence-corrected chi connectivity index (χ2v) is 8.80. The maximum atomic E-state index is 13.6. The SMILES string of the molecule is CN(Cc1ccc(F)cc1)C(=O)c1nc(-c2ccc(F)cc2S(C)(=O)=O)[nH]c(=O)c1O. The fourth-order valence-corrected chi connectivity index (χ4v) is 3.75. The van der Waals surface area contributed by atoms with E-state index in [4.69, 9.17) is 0 Å². The molecular formula is C20H17F2N3O5S. The van der Waals surface area contributed by atoms with E-state index in [0.29, 0.717) is 5.56 Å². The van der Waals surface area contributed by atoms with E-state index in [1.165, 1.54) is 31.3 Å². The highest BCUT2D eigenvalue weighted by atomic mass is 32.2. The van der Waals surface area contributed by atoms with Gasteiger partial charge in [-0.3, -0.25) is 9.59 Å². The fourth-order valence-electron chi connectivity index (χ4n) is 2.86. The lowest BCUT2D eigenvalue weighted by Gasteiger charge is -2.18. The quantitative estimate of drug-likeness (QED) is 0.616. The third-order valence-corrected chi connectivity index (χ3v) is 5.51. The zero-order chi connectivity index (χ0) is 22.9. The molecule has 31 heavy (non-hydrogen) atoms. The van der Waals surface area contributed by atoms with Crippen molar-refractivity contribution in [1.82, 2.24) is 14.9 Å². The first-order chi connectivity index (χ1) is 14.5. The van der Waals surface area contributed by atoms with Crippen LogP contribution in [-0.2, 0) is 16.4 Å². The molecule has 0 radical (unpaired) electrons. The second kappa shape index (κ2) is 8.26. The minimum atomic E-state index is -3.91. The van der Waals surface area contributed by atoms with Gasteiger partial charge < -0.3 is 15.0 Å². The molecule has 0 saturated carbocycles. The number of hydrogen-bond donors (Lipinski definition) is 2. The summed E-state index contributed by atoms with van der Waals surface area (Å²) in [5, 5.41) is 10.1. The minimum absolute atomic E-state index is 0.0213. The van der Waals surface area contributed by atoms with E-state index in [1.807, 2.05) is 0 Å². The van der Waals surface area contributed by atoms with Crippen LogP contribution in [-0.4, -0.2) is 47.6 Å². The first kappa shape index (κ1) is 22.1. The van der Waals surface area contributed by atoms with Gasteiger partial charge in [0.1, 0.15) is 17.5 Å². The van der Waals surface area contributed by atoms with Gasteiger partial charge in [0.05, 0.1) is 4.90 Å². The highest BCUT2D eigenvalue weighted by Crippen LogP contribution is 2.26. The largest absolute Gasteiger partial charge is 0.501 e. The predicted molar refractivity (Wildman–Crippen MR) is 107 cm³/mol. The number of nitrogens with zero attached hydrogens (tertiary/aromatic N) is 2. The van der Waals surface area contributed by atoms with E-state index < -0.39 is 49.3 Å². The van der Waals surface area contributed by atoms with Gasteiger partial charge in [0.15, 0.2) is 15.5 Å². The summed E-state index contributed by atoms with van der Waals surface area (Å²) in [5.74, 6) is -3.39. The first-order valence-corrected chi connectivity index (χ1v) is 10.7. The number of amides is 1. The molecule has 0 aliphatic rings. The summed E-state index contributed by atoms with van der Waals surface area (Å²) >= 11 is 0. The van der Waals surface area contributed by atoms with E-state index in [0.717, 1.165) is 29.4 Å². The molecule has 2 aromatic carbocycles. The van der Waals surface area contributed by atoms with Gasteiger partial charge >= 0.3 is 0 Å². The Bertz CT molecular complexity index is 1320. The molecule has 2 N–H and O–H groups in total. The smallest absolute Gasteiger partial charge is 0.294 e. The fraction of sp³-hybridized carbons (Fsp3) is 0.150. The molecule has 0 aliphatic heterocycles. The number of carbonyl (C=O) groups excluding carboxylic acids is 1. The van der Waals surface area contributed by atoms with Crippen LogP contribution in [0.25, 0.3) is 11.4 Å². The molecule has 8 nitrogen and oxygen atoms in total. The van der Waals surface area contributed by atoms with E-state index in [9.17, 15) is 31.9 Å². The number of carbonyl (C=O) groups is 1. The Morgan fingerprint density at radius 3 is 2.35 bits per heavy atom. The summed E-state index contributed by atoms with van der Waals surface area (Å²) in [6, 6.07) is 8.20. The third-order valence-electron chi connectivity index (χ3n) is 4.38. The Labute approximate surface area is 175 Å². The molecule has 0 unspecified atom stereocenters. The summed E-state index contributed by atoms with van der Waals surface area (Å²) in [5.41, 5.74) is -1.25. The Balaban J connectivity index is 2.05. The van der Waals surface area contributed by atoms with Crippen molar-refractivity contribution in [2.45, 2.75) is 11.4 Å². The number of nitrogens with one attached hydrogen (secondary N) is 1. The number of H-pyrrole nitrogens is 1. The van der Waals surface area contributed by atoms with Crippen molar-refractivity contribution in [3.8, 4) is 17.1 Å². The van der Waals surface area contributed by atoms with Crippen molar-refractivity contribution in [1.29, 1.82) is 0 Å². The summed E-state index contributed by atoms with van der Waals surface area (Å²) in [6.45, 7) is 0.0213. The second-order valence-electron chi connectivity index (χ2n) is 6.81. The molecule has 0 atom stereocenters. The predicted octanol–water partition coefficient (Wildman–Crippen LogP) is 2.10. The van der Waals surface area contributed by atoms with Crippen LogP contribution in [0.15, 0.2) is 52.2 Å². The van der Waals surface area contributed by atoms with E-state index >= 15 is 0 Å². The van der Waals surface area contributed by atoms with Gasteiger partial charge in [-0.1, -0.05) is 12.1 Å². The molecule has 1 heterocycles. The molecule has 1 amide bonds. The average Bonchev–Trinajstić information content (AvgIpc) is 2.70. The van der Waals surface area contributed by atoms with Crippen LogP contribution < -0.4 is 5.56 Å². The zero-order valence-corrected chi connectivity index (χ0v) is 17.2. The van der Waals surface area contributed by atoms with Crippen LogP contribution >= 0.6 is 0 Å². The van der Waals surface area contributed by atoms with Gasteiger partial charge in [-0.25, -0.2) is 22.2 Å². The summed E-state index contributed by atoms with van der Waals surface area (Å²) in [4.78, 5) is 31.8. The average molecular weight is 449 g/mol. The third kappa shape index (κ3) is 4.77. The van der Waals surface area contributed by atoms with Crippen LogP contribution in [0.1, 0.15) is 16.1 Å². The standard InChI is InChI=1S/C20H17F2N3O5S/c1-25(10-11-3-5-12(21)6-4-11)20(28)16-17(26)19(27)24-18(23-16)14-8-7-13(22)9-15(14)31(2,29)30/h3-9,26H,10H2,1-2H3,(H,23,24,27). The maximum Gasteiger partial charge on any atom is 0.294 e. The zero-order valence-electron chi connectivity index (χ0n) is 16.4. The summed E-state index contributed by atoms with van der Waals surface area (Å²) in [6.07, 6.45) is 0.854. The molecule has 3 aromatic rings. The van der Waals surface area contributed by atoms with Crippen molar-refractivity contribution in [3.63, 3.8) is 0 Å². The molecule has 0 bridgehead atoms. The number of benzene rings is 2. The van der Waals surface area contributed by atoms with Crippen LogP contribution in [0.4, 0.5) is 8.78 Å². The van der Waals surface area contributed by atoms with Crippen molar-refractivity contribution < 1.29 is 27.1 Å². The lowest BCUT2D eigenvalue weighted by molar-refractivity contribution is 0.0775. The van der Waals surface area contributed by atoms with Crippen molar-refractivity contribution >= 4 is 15.7 Å². The number of halogens is 2. The number of hydrogen-bond acceptors (Lipinski definition) is 6. The molecule has 3 rings (SSSR count). The molecule has 0 fully saturated rings. The molecule has 11 heteroatoms. The molecule has 162 valence electrons. The van der Waals surface area contributed by atoms with Crippen molar-refractivity contribution in [3.05, 3.63) is 75.7 Å². The van der Waals surface area contributed by atoms with Gasteiger partial charge in [-0.15, -0.1) is 0 Å². The summed E-state index contributed by atoms with van der Waals surface area (Å²) < 4.78 is 50.8. The van der Waals surface area contributed by atoms with Gasteiger partial charge in [0, 0.05) is 25.4 Å². The lowest BCUT2D eigenvalue weighted by atomic mass is 10.2. The molecule has 0 saturated heterocycles. The number of sulfone groups is 1.